The molecule has 452 valence electrons. The second kappa shape index (κ2) is 29.1. The Kier molecular flexibility index (Phi) is 22.0. The lowest BCUT2D eigenvalue weighted by atomic mass is 9.99. The molecule has 4 aromatic rings. The molecule has 0 radical (unpaired) electrons. The summed E-state index contributed by atoms with van der Waals surface area (Å²) in [5, 5.41) is 59.5. The van der Waals surface area contributed by atoms with Gasteiger partial charge in [0.2, 0.25) is 35.4 Å². The first-order valence-electron chi connectivity index (χ1n) is 28.9. The van der Waals surface area contributed by atoms with Crippen LogP contribution in [0.15, 0.2) is 97.1 Å². The molecule has 3 heterocycles. The van der Waals surface area contributed by atoms with Crippen LogP contribution in [0.5, 0.6) is 11.5 Å². The van der Waals surface area contributed by atoms with E-state index in [-0.39, 0.29) is 79.9 Å². The van der Waals surface area contributed by atoms with Crippen molar-refractivity contribution < 1.29 is 68.0 Å². The SMILES string of the molecule is CCCCCOc1ccc(-c2ccc(-c3ccc(C(=O)N[C@H]4CCCNC(=O)C5C[C@H](NC(=O)C[N+](C)(C)C)CN5C(=O)C(C(C)O)NC(=O)C(CCc5ccc(O)cc5)NC(=O)C5C[C@@H](O)CN5C(=O)C(C(C)O)NC4=O)cc3)cc2)cc1. The first-order valence-corrected chi connectivity index (χ1v) is 28.9. The van der Waals surface area contributed by atoms with E-state index in [0.717, 1.165) is 52.2 Å². The van der Waals surface area contributed by atoms with Crippen LogP contribution in [0.3, 0.4) is 0 Å². The molecule has 8 amide bonds. The molecule has 0 bridgehead atoms. The highest BCUT2D eigenvalue weighted by atomic mass is 16.5. The van der Waals surface area contributed by atoms with Crippen LogP contribution in [0.4, 0.5) is 0 Å². The molecular formula is C62H82N9O13+. The number of likely N-dealkylation sites (N-methyl/N-ethyl adjacent to an activating group) is 1. The van der Waals surface area contributed by atoms with Gasteiger partial charge in [0.05, 0.1) is 46.1 Å². The van der Waals surface area contributed by atoms with Crippen LogP contribution in [-0.4, -0.2) is 197 Å². The largest absolute Gasteiger partial charge is 0.508 e. The summed E-state index contributed by atoms with van der Waals surface area (Å²) in [5.74, 6) is -5.34. The first-order chi connectivity index (χ1) is 40.0. The van der Waals surface area contributed by atoms with Crippen LogP contribution in [0, 0.1) is 0 Å². The summed E-state index contributed by atoms with van der Waals surface area (Å²) in [5.41, 5.74) is 4.57. The number of fused-ring (bicyclic) bond motifs is 2. The second-order valence-corrected chi connectivity index (χ2v) is 23.3. The van der Waals surface area contributed by atoms with E-state index < -0.39 is 108 Å². The minimum absolute atomic E-state index is 0.0103. The summed E-state index contributed by atoms with van der Waals surface area (Å²) >= 11 is 0. The smallest absolute Gasteiger partial charge is 0.275 e. The Morgan fingerprint density at radius 3 is 1.80 bits per heavy atom. The maximum absolute atomic E-state index is 14.7. The monoisotopic (exact) mass is 1160 g/mol. The van der Waals surface area contributed by atoms with Gasteiger partial charge in [-0.25, -0.2) is 0 Å². The van der Waals surface area contributed by atoms with Crippen molar-refractivity contribution in [2.24, 2.45) is 0 Å². The van der Waals surface area contributed by atoms with Crippen molar-refractivity contribution in [3.8, 4) is 33.8 Å². The van der Waals surface area contributed by atoms with Crippen molar-refractivity contribution >= 4 is 47.3 Å². The van der Waals surface area contributed by atoms with Crippen LogP contribution < -0.4 is 36.6 Å². The molecule has 0 saturated carbocycles. The third-order valence-electron chi connectivity index (χ3n) is 15.3. The second-order valence-electron chi connectivity index (χ2n) is 23.3. The molecule has 0 aliphatic carbocycles. The minimum Gasteiger partial charge on any atom is -0.508 e. The predicted molar refractivity (Wildman–Crippen MR) is 312 cm³/mol. The van der Waals surface area contributed by atoms with Crippen molar-refractivity contribution in [2.45, 2.75) is 139 Å². The quantitative estimate of drug-likeness (QED) is 0.0535. The van der Waals surface area contributed by atoms with Crippen LogP contribution in [0.25, 0.3) is 22.3 Å². The number of carbonyl (C=O) groups is 8. The van der Waals surface area contributed by atoms with E-state index in [9.17, 15) is 58.8 Å². The van der Waals surface area contributed by atoms with Crippen molar-refractivity contribution in [2.75, 3.05) is 53.9 Å². The van der Waals surface area contributed by atoms with Gasteiger partial charge in [-0.2, -0.15) is 0 Å². The molecule has 22 heteroatoms. The number of benzene rings is 4. The first kappa shape index (κ1) is 63.7. The maximum Gasteiger partial charge on any atom is 0.275 e. The summed E-state index contributed by atoms with van der Waals surface area (Å²) in [6.07, 6.45) is -1.50. The average Bonchev–Trinajstić information content (AvgIpc) is 4.31. The van der Waals surface area contributed by atoms with Gasteiger partial charge < -0.3 is 71.3 Å². The molecule has 3 aliphatic rings. The number of quaternary nitrogens is 1. The highest BCUT2D eigenvalue weighted by molar-refractivity contribution is 6.00. The molecule has 0 spiro atoms. The molecule has 7 unspecified atom stereocenters. The summed E-state index contributed by atoms with van der Waals surface area (Å²) in [6.45, 7) is 4.75. The maximum atomic E-state index is 14.7. The molecule has 3 fully saturated rings. The van der Waals surface area contributed by atoms with Gasteiger partial charge in [-0.3, -0.25) is 38.4 Å². The number of nitrogens with one attached hydrogen (secondary N) is 6. The van der Waals surface area contributed by atoms with E-state index in [1.165, 1.54) is 30.9 Å². The zero-order valence-electron chi connectivity index (χ0n) is 48.7. The number of carbonyl (C=O) groups excluding carboxylic acids is 8. The van der Waals surface area contributed by atoms with E-state index in [2.05, 4.69) is 38.8 Å². The van der Waals surface area contributed by atoms with Gasteiger partial charge >= 0.3 is 0 Å². The Bertz CT molecular complexity index is 2930. The molecule has 3 aliphatic heterocycles. The lowest BCUT2D eigenvalue weighted by Crippen LogP contribution is -2.61. The Labute approximate surface area is 490 Å². The van der Waals surface area contributed by atoms with Crippen LogP contribution >= 0.6 is 0 Å². The molecule has 10 N–H and O–H groups in total. The topological polar surface area (TPSA) is 305 Å². The summed E-state index contributed by atoms with van der Waals surface area (Å²) < 4.78 is 6.16. The van der Waals surface area contributed by atoms with Gasteiger partial charge in [0.25, 0.3) is 11.8 Å². The number of unbranched alkanes of at least 4 members (excludes halogenated alkanes) is 2. The highest BCUT2D eigenvalue weighted by Crippen LogP contribution is 2.28. The Morgan fingerprint density at radius 1 is 0.679 bits per heavy atom. The van der Waals surface area contributed by atoms with E-state index in [1.807, 2.05) is 69.7 Å². The van der Waals surface area contributed by atoms with Crippen molar-refractivity contribution in [1.82, 2.24) is 41.7 Å². The van der Waals surface area contributed by atoms with E-state index in [1.54, 1.807) is 36.4 Å². The third-order valence-corrected chi connectivity index (χ3v) is 15.3. The number of phenols is 1. The fourth-order valence-corrected chi connectivity index (χ4v) is 10.7. The number of aliphatic hydroxyl groups is 3. The Balaban J connectivity index is 1.15. The highest BCUT2D eigenvalue weighted by Gasteiger charge is 2.46. The number of nitrogens with zero attached hydrogens (tertiary/aromatic N) is 3. The summed E-state index contributed by atoms with van der Waals surface area (Å²) in [6, 6.07) is 19.1. The number of aromatic hydroxyl groups is 1. The predicted octanol–water partition coefficient (Wildman–Crippen LogP) is 1.91. The molecule has 4 aromatic carbocycles. The fourth-order valence-electron chi connectivity index (χ4n) is 10.7. The summed E-state index contributed by atoms with van der Waals surface area (Å²) in [7, 11) is 5.47. The molecule has 3 saturated heterocycles. The number of ether oxygens (including phenoxy) is 1. The summed E-state index contributed by atoms with van der Waals surface area (Å²) in [4.78, 5) is 116. The number of rotatable bonds is 17. The minimum atomic E-state index is -1.71. The molecule has 84 heavy (non-hydrogen) atoms. The zero-order valence-corrected chi connectivity index (χ0v) is 48.7. The van der Waals surface area contributed by atoms with Gasteiger partial charge in [-0.15, -0.1) is 0 Å². The number of phenolic OH excluding ortho intramolecular Hbond substituents is 1. The van der Waals surface area contributed by atoms with Crippen molar-refractivity contribution in [3.63, 3.8) is 0 Å². The number of aryl methyl sites for hydroxylation is 1. The van der Waals surface area contributed by atoms with Crippen molar-refractivity contribution in [3.05, 3.63) is 108 Å². The zero-order chi connectivity index (χ0) is 60.8. The Morgan fingerprint density at radius 2 is 1.23 bits per heavy atom. The normalized spacial score (nSPS) is 23.8. The van der Waals surface area contributed by atoms with Gasteiger partial charge in [-0.05, 0) is 117 Å². The fraction of sp³-hybridized carbons (Fsp3) is 0.484. The number of aliphatic hydroxyl groups excluding tert-OH is 3. The van der Waals surface area contributed by atoms with Gasteiger partial charge in [0.1, 0.15) is 47.8 Å². The molecule has 0 aromatic heterocycles. The van der Waals surface area contributed by atoms with E-state index >= 15 is 0 Å². The van der Waals surface area contributed by atoms with Crippen LogP contribution in [0.1, 0.15) is 88.1 Å². The Hall–Kier alpha value is -7.92. The number of hydrogen-bond acceptors (Lipinski definition) is 13. The van der Waals surface area contributed by atoms with Crippen LogP contribution in [0.2, 0.25) is 0 Å². The average molecular weight is 1160 g/mol. The molecule has 7 rings (SSSR count). The molecule has 10 atom stereocenters. The van der Waals surface area contributed by atoms with Gasteiger partial charge in [0, 0.05) is 37.7 Å². The van der Waals surface area contributed by atoms with Gasteiger partial charge in [0.15, 0.2) is 6.54 Å². The third kappa shape index (κ3) is 17.3. The van der Waals surface area contributed by atoms with Gasteiger partial charge in [-0.1, -0.05) is 80.4 Å². The van der Waals surface area contributed by atoms with E-state index in [0.29, 0.717) is 12.2 Å². The molecular weight excluding hydrogens is 1080 g/mol. The van der Waals surface area contributed by atoms with Crippen LogP contribution in [-0.2, 0) is 40.0 Å². The van der Waals surface area contributed by atoms with Crippen molar-refractivity contribution in [1.29, 1.82) is 0 Å². The molecule has 22 nitrogen and oxygen atoms in total. The lowest BCUT2D eigenvalue weighted by molar-refractivity contribution is -0.862. The number of amides is 8. The number of hydrogen-bond donors (Lipinski definition) is 10. The lowest BCUT2D eigenvalue weighted by Gasteiger charge is -2.32. The standard InChI is InChI=1S/C62H81N9O13/c1-7-8-9-31-84-48-27-23-43(24-28-48)41-17-15-40(16-18-41)42-19-21-44(22-20-42)56(77)65-49-11-10-30-63-59(80)51-32-45(64-53(76)36-71(4,5)6)34-69(51)61(82)54(37(2)72)68-58(79)50(29-14-39-12-25-46(74)26-13-39)66-60(81)52-33-47(75)35-70(52)62(83)55(38(3)73)67-57(49)78/h12-13,15-28,37-38,45,47,49-52,54-55,72-73,75H,7-11,14,29-36H2,1-6H3,(H6-,63,64,65,66,67,68,74,76,77,78,79,80,81)/p+1/t37?,38?,45-,47+,49-,50?,51?,52?,54?,55?/m0/s1. The van der Waals surface area contributed by atoms with E-state index in [4.69, 9.17) is 4.74 Å².